The van der Waals surface area contributed by atoms with Crippen LogP contribution in [-0.4, -0.2) is 34.5 Å². The Morgan fingerprint density at radius 1 is 1.28 bits per heavy atom. The van der Waals surface area contributed by atoms with E-state index in [-0.39, 0.29) is 6.44 Å². The Labute approximate surface area is 107 Å². The fourth-order valence-electron chi connectivity index (χ4n) is 1.95. The normalized spacial score (nSPS) is 15.1. The molecule has 0 saturated carbocycles. The molecule has 2 nitrogen and oxygen atoms in total. The van der Waals surface area contributed by atoms with Crippen LogP contribution in [0, 0.1) is 0 Å². The summed E-state index contributed by atoms with van der Waals surface area (Å²) >= 11 is 0. The molecule has 0 aliphatic rings. The molecule has 1 heterocycles. The molecule has 0 bridgehead atoms. The van der Waals surface area contributed by atoms with Crippen LogP contribution in [0.5, 0.6) is 0 Å². The molecular weight excluding hydrogens is 234 g/mol. The Morgan fingerprint density at radius 2 is 2.06 bits per heavy atom. The zero-order valence-electron chi connectivity index (χ0n) is 9.64. The summed E-state index contributed by atoms with van der Waals surface area (Å²) in [5.74, 6) is -2.02. The molecule has 0 saturated heterocycles. The standard InChI is InChI=1S/C12H11B2F2NO/c13-6-17-11(14)10(12(15)16)8-2-1-7-3-4-18-9(7)5-8/h1-5,10-12,17H,6H2. The van der Waals surface area contributed by atoms with Crippen molar-refractivity contribution in [2.45, 2.75) is 18.3 Å². The largest absolute Gasteiger partial charge is 0.464 e. The molecule has 90 valence electrons. The lowest BCUT2D eigenvalue weighted by Gasteiger charge is -2.25. The number of hydrogen-bond acceptors (Lipinski definition) is 2. The molecule has 2 rings (SSSR count). The number of hydrogen-bond donors (Lipinski definition) is 1. The molecule has 6 heteroatoms. The van der Waals surface area contributed by atoms with Crippen LogP contribution in [0.3, 0.4) is 0 Å². The maximum absolute atomic E-state index is 13.1. The molecule has 1 N–H and O–H groups in total. The van der Waals surface area contributed by atoms with Crippen LogP contribution >= 0.6 is 0 Å². The molecule has 1 aromatic carbocycles. The van der Waals surface area contributed by atoms with Crippen molar-refractivity contribution in [3.8, 4) is 0 Å². The number of furan rings is 1. The van der Waals surface area contributed by atoms with Gasteiger partial charge in [0.15, 0.2) is 0 Å². The summed E-state index contributed by atoms with van der Waals surface area (Å²) < 4.78 is 31.4. The quantitative estimate of drug-likeness (QED) is 0.814. The molecular formula is C12H11B2F2NO. The lowest BCUT2D eigenvalue weighted by atomic mass is 9.79. The van der Waals surface area contributed by atoms with Gasteiger partial charge in [0, 0.05) is 5.39 Å². The van der Waals surface area contributed by atoms with Crippen LogP contribution in [0.15, 0.2) is 34.9 Å². The minimum atomic E-state index is -2.58. The van der Waals surface area contributed by atoms with E-state index in [0.717, 1.165) is 5.39 Å². The van der Waals surface area contributed by atoms with E-state index in [1.54, 1.807) is 24.3 Å². The molecule has 1 aromatic heterocycles. The van der Waals surface area contributed by atoms with Crippen LogP contribution in [0.25, 0.3) is 11.0 Å². The molecule has 0 aliphatic heterocycles. The van der Waals surface area contributed by atoms with Gasteiger partial charge in [-0.3, -0.25) is 0 Å². The second-order valence-corrected chi connectivity index (χ2v) is 4.01. The predicted molar refractivity (Wildman–Crippen MR) is 68.3 cm³/mol. The van der Waals surface area contributed by atoms with Crippen LogP contribution < -0.4 is 5.32 Å². The minimum absolute atomic E-state index is 0.0490. The van der Waals surface area contributed by atoms with Crippen molar-refractivity contribution in [3.05, 3.63) is 36.1 Å². The van der Waals surface area contributed by atoms with E-state index in [1.165, 1.54) is 6.26 Å². The van der Waals surface area contributed by atoms with E-state index >= 15 is 0 Å². The van der Waals surface area contributed by atoms with Gasteiger partial charge >= 0.3 is 0 Å². The highest BCUT2D eigenvalue weighted by molar-refractivity contribution is 6.13. The van der Waals surface area contributed by atoms with Gasteiger partial charge in [0.25, 0.3) is 0 Å². The van der Waals surface area contributed by atoms with Crippen LogP contribution in [-0.2, 0) is 0 Å². The average molecular weight is 245 g/mol. The number of benzene rings is 1. The Morgan fingerprint density at radius 3 is 2.72 bits per heavy atom. The van der Waals surface area contributed by atoms with Crippen molar-refractivity contribution in [2.24, 2.45) is 0 Å². The summed E-state index contributed by atoms with van der Waals surface area (Å²) in [6, 6.07) is 6.73. The number of halogens is 2. The first-order chi connectivity index (χ1) is 8.63. The maximum Gasteiger partial charge on any atom is 0.246 e. The topological polar surface area (TPSA) is 25.2 Å². The molecule has 0 fully saturated rings. The summed E-state index contributed by atoms with van der Waals surface area (Å²) in [6.45, 7) is 0. The highest BCUT2D eigenvalue weighted by Crippen LogP contribution is 2.29. The highest BCUT2D eigenvalue weighted by atomic mass is 19.3. The Balaban J connectivity index is 2.34. The Bertz CT molecular complexity index is 518. The molecule has 2 unspecified atom stereocenters. The zero-order chi connectivity index (χ0) is 13.1. The number of alkyl halides is 2. The molecule has 4 radical (unpaired) electrons. The van der Waals surface area contributed by atoms with Crippen molar-refractivity contribution in [1.82, 2.24) is 5.32 Å². The number of fused-ring (bicyclic) bond motifs is 1. The Hall–Kier alpha value is -1.29. The first-order valence-electron chi connectivity index (χ1n) is 5.58. The van der Waals surface area contributed by atoms with Crippen molar-refractivity contribution in [3.63, 3.8) is 0 Å². The fraction of sp³-hybridized carbons (Fsp3) is 0.333. The summed E-state index contributed by atoms with van der Waals surface area (Å²) in [4.78, 5) is 0. The number of nitrogens with one attached hydrogen (secondary N) is 1. The fourth-order valence-corrected chi connectivity index (χ4v) is 1.95. The van der Waals surface area contributed by atoms with Gasteiger partial charge in [-0.2, -0.15) is 0 Å². The lowest BCUT2D eigenvalue weighted by molar-refractivity contribution is 0.108. The summed E-state index contributed by atoms with van der Waals surface area (Å²) in [7, 11) is 10.9. The first-order valence-corrected chi connectivity index (χ1v) is 5.58. The van der Waals surface area contributed by atoms with Gasteiger partial charge in [-0.1, -0.05) is 12.1 Å². The summed E-state index contributed by atoms with van der Waals surface area (Å²) in [5.41, 5.74) is 0.999. The summed E-state index contributed by atoms with van der Waals surface area (Å²) in [6.07, 6.45) is -1.01. The van der Waals surface area contributed by atoms with E-state index in [0.29, 0.717) is 11.1 Å². The van der Waals surface area contributed by atoms with Gasteiger partial charge in [0.1, 0.15) is 5.58 Å². The smallest absolute Gasteiger partial charge is 0.246 e. The second kappa shape index (κ2) is 5.57. The number of rotatable bonds is 5. The third-order valence-corrected chi connectivity index (χ3v) is 2.88. The van der Waals surface area contributed by atoms with Gasteiger partial charge in [0.05, 0.1) is 27.9 Å². The van der Waals surface area contributed by atoms with E-state index in [4.69, 9.17) is 20.1 Å². The lowest BCUT2D eigenvalue weighted by Crippen LogP contribution is -2.39. The van der Waals surface area contributed by atoms with E-state index in [2.05, 4.69) is 5.32 Å². The molecule has 0 aliphatic carbocycles. The van der Waals surface area contributed by atoms with Crippen molar-refractivity contribution in [2.75, 3.05) is 6.44 Å². The monoisotopic (exact) mass is 245 g/mol. The average Bonchev–Trinajstić information content (AvgIpc) is 2.76. The molecule has 0 amide bonds. The van der Waals surface area contributed by atoms with Crippen molar-refractivity contribution < 1.29 is 13.2 Å². The van der Waals surface area contributed by atoms with Crippen LogP contribution in [0.4, 0.5) is 8.78 Å². The second-order valence-electron chi connectivity index (χ2n) is 4.01. The van der Waals surface area contributed by atoms with Gasteiger partial charge in [0.2, 0.25) is 6.43 Å². The first kappa shape index (κ1) is 13.1. The molecule has 0 spiro atoms. The van der Waals surface area contributed by atoms with Crippen molar-refractivity contribution >= 4 is 26.7 Å². The van der Waals surface area contributed by atoms with E-state index in [9.17, 15) is 8.78 Å². The van der Waals surface area contributed by atoms with Gasteiger partial charge in [-0.15, -0.1) is 0 Å². The van der Waals surface area contributed by atoms with Crippen LogP contribution in [0.2, 0.25) is 0 Å². The summed E-state index contributed by atoms with van der Waals surface area (Å²) in [5, 5.41) is 3.48. The maximum atomic E-state index is 13.1. The van der Waals surface area contributed by atoms with Gasteiger partial charge in [-0.05, 0) is 30.1 Å². The third kappa shape index (κ3) is 2.58. The molecule has 18 heavy (non-hydrogen) atoms. The predicted octanol–water partition coefficient (Wildman–Crippen LogP) is 1.99. The highest BCUT2D eigenvalue weighted by Gasteiger charge is 2.27. The molecule has 2 atom stereocenters. The molecule has 2 aromatic rings. The van der Waals surface area contributed by atoms with E-state index in [1.807, 2.05) is 0 Å². The minimum Gasteiger partial charge on any atom is -0.464 e. The zero-order valence-corrected chi connectivity index (χ0v) is 9.64. The van der Waals surface area contributed by atoms with Gasteiger partial charge in [-0.25, -0.2) is 8.78 Å². The van der Waals surface area contributed by atoms with E-state index < -0.39 is 18.3 Å². The van der Waals surface area contributed by atoms with Crippen molar-refractivity contribution in [1.29, 1.82) is 0 Å². The Kier molecular flexibility index (Phi) is 4.07. The van der Waals surface area contributed by atoms with Crippen LogP contribution in [0.1, 0.15) is 11.5 Å². The van der Waals surface area contributed by atoms with Gasteiger partial charge < -0.3 is 9.73 Å². The third-order valence-electron chi connectivity index (χ3n) is 2.88. The SMILES string of the molecule is [B]CNC([B])C(c1ccc2ccoc2c1)C(F)F.